The van der Waals surface area contributed by atoms with E-state index in [9.17, 15) is 9.59 Å². The predicted octanol–water partition coefficient (Wildman–Crippen LogP) is 3.94. The molecule has 3 aromatic carbocycles. The number of hydrogen-bond donors (Lipinski definition) is 0. The smallest absolute Gasteiger partial charge is 0.254 e. The Hall–Kier alpha value is -3.40. The van der Waals surface area contributed by atoms with Gasteiger partial charge in [-0.1, -0.05) is 66.7 Å². The van der Waals surface area contributed by atoms with Gasteiger partial charge in [-0.2, -0.15) is 0 Å². The van der Waals surface area contributed by atoms with Gasteiger partial charge in [-0.05, 0) is 40.8 Å². The molecule has 0 radical (unpaired) electrons. The van der Waals surface area contributed by atoms with Gasteiger partial charge in [0, 0.05) is 18.7 Å². The van der Waals surface area contributed by atoms with Gasteiger partial charge in [0.2, 0.25) is 5.91 Å². The van der Waals surface area contributed by atoms with Crippen LogP contribution in [0.3, 0.4) is 0 Å². The summed E-state index contributed by atoms with van der Waals surface area (Å²) in [6, 6.07) is 25.9. The zero-order valence-corrected chi connectivity index (χ0v) is 16.1. The maximum absolute atomic E-state index is 13.3. The molecule has 4 nitrogen and oxygen atoms in total. The van der Waals surface area contributed by atoms with Crippen molar-refractivity contribution in [2.75, 3.05) is 19.6 Å². The van der Waals surface area contributed by atoms with Crippen molar-refractivity contribution in [1.82, 2.24) is 9.80 Å². The number of rotatable bonds is 2. The van der Waals surface area contributed by atoms with Crippen molar-refractivity contribution in [3.05, 3.63) is 95.6 Å². The fourth-order valence-electron chi connectivity index (χ4n) is 4.47. The molecule has 0 aromatic heterocycles. The van der Waals surface area contributed by atoms with Crippen LogP contribution in [0.25, 0.3) is 11.1 Å². The number of amides is 2. The standard InChI is InChI=1S/C25H22N2O2/c28-24-17-26(16-23-22-12-5-4-9-19(22)13-14-27(23)24)25(29)21-11-6-10-20(15-21)18-7-2-1-3-8-18/h1-12,15,23H,13-14,16-17H2. The fourth-order valence-corrected chi connectivity index (χ4v) is 4.47. The van der Waals surface area contributed by atoms with E-state index in [1.54, 1.807) is 4.90 Å². The molecule has 2 aliphatic rings. The summed E-state index contributed by atoms with van der Waals surface area (Å²) in [5, 5.41) is 0. The molecule has 5 rings (SSSR count). The lowest BCUT2D eigenvalue weighted by Gasteiger charge is -2.44. The molecule has 2 aliphatic heterocycles. The highest BCUT2D eigenvalue weighted by molar-refractivity contribution is 5.98. The van der Waals surface area contributed by atoms with E-state index in [1.165, 1.54) is 11.1 Å². The van der Waals surface area contributed by atoms with Crippen molar-refractivity contribution in [3.8, 4) is 11.1 Å². The van der Waals surface area contributed by atoms with E-state index < -0.39 is 0 Å². The normalized spacial score (nSPS) is 18.2. The monoisotopic (exact) mass is 382 g/mol. The van der Waals surface area contributed by atoms with Crippen LogP contribution in [0.5, 0.6) is 0 Å². The molecule has 0 saturated carbocycles. The number of hydrogen-bond acceptors (Lipinski definition) is 2. The highest BCUT2D eigenvalue weighted by Crippen LogP contribution is 2.33. The molecule has 2 heterocycles. The summed E-state index contributed by atoms with van der Waals surface area (Å²) >= 11 is 0. The Labute approximate surface area is 170 Å². The molecule has 29 heavy (non-hydrogen) atoms. The number of piperazine rings is 1. The first-order valence-electron chi connectivity index (χ1n) is 10.0. The second-order valence-electron chi connectivity index (χ2n) is 7.68. The van der Waals surface area contributed by atoms with Crippen molar-refractivity contribution < 1.29 is 9.59 Å². The van der Waals surface area contributed by atoms with Crippen molar-refractivity contribution in [2.45, 2.75) is 12.5 Å². The summed E-state index contributed by atoms with van der Waals surface area (Å²) in [5.41, 5.74) is 5.15. The average Bonchev–Trinajstić information content (AvgIpc) is 2.79. The van der Waals surface area contributed by atoms with Crippen LogP contribution < -0.4 is 0 Å². The Bertz CT molecular complexity index is 1080. The van der Waals surface area contributed by atoms with Crippen molar-refractivity contribution in [1.29, 1.82) is 0 Å². The molecule has 0 bridgehead atoms. The summed E-state index contributed by atoms with van der Waals surface area (Å²) in [6.45, 7) is 1.41. The predicted molar refractivity (Wildman–Crippen MR) is 112 cm³/mol. The van der Waals surface area contributed by atoms with Crippen molar-refractivity contribution >= 4 is 11.8 Å². The SMILES string of the molecule is O=C(c1cccc(-c2ccccc2)c1)N1CC(=O)N2CCc3ccccc3C2C1. The van der Waals surface area contributed by atoms with Gasteiger partial charge < -0.3 is 9.80 Å². The number of benzene rings is 3. The molecule has 1 unspecified atom stereocenters. The van der Waals surface area contributed by atoms with Gasteiger partial charge in [0.25, 0.3) is 5.91 Å². The molecule has 4 heteroatoms. The van der Waals surface area contributed by atoms with Crippen molar-refractivity contribution in [2.24, 2.45) is 0 Å². The van der Waals surface area contributed by atoms with E-state index in [2.05, 4.69) is 12.1 Å². The molecule has 144 valence electrons. The van der Waals surface area contributed by atoms with Crippen LogP contribution >= 0.6 is 0 Å². The maximum Gasteiger partial charge on any atom is 0.254 e. The molecular weight excluding hydrogens is 360 g/mol. The largest absolute Gasteiger partial charge is 0.332 e. The molecule has 3 aromatic rings. The topological polar surface area (TPSA) is 40.6 Å². The number of fused-ring (bicyclic) bond motifs is 3. The Balaban J connectivity index is 1.44. The highest BCUT2D eigenvalue weighted by Gasteiger charge is 2.38. The summed E-state index contributed by atoms with van der Waals surface area (Å²) < 4.78 is 0. The summed E-state index contributed by atoms with van der Waals surface area (Å²) in [5.74, 6) is -0.0536. The van der Waals surface area contributed by atoms with E-state index in [0.717, 1.165) is 24.1 Å². The lowest BCUT2D eigenvalue weighted by Crippen LogP contribution is -2.55. The first kappa shape index (κ1) is 17.7. The molecular formula is C25H22N2O2. The second-order valence-corrected chi connectivity index (χ2v) is 7.68. The van der Waals surface area contributed by atoms with E-state index in [4.69, 9.17) is 0 Å². The molecule has 2 amide bonds. The molecule has 0 aliphatic carbocycles. The van der Waals surface area contributed by atoms with Crippen LogP contribution in [0.2, 0.25) is 0 Å². The minimum atomic E-state index is -0.0844. The van der Waals surface area contributed by atoms with Crippen LogP contribution in [0.4, 0.5) is 0 Å². The second kappa shape index (κ2) is 7.21. The summed E-state index contributed by atoms with van der Waals surface area (Å²) in [6.07, 6.45) is 0.880. The zero-order chi connectivity index (χ0) is 19.8. The zero-order valence-electron chi connectivity index (χ0n) is 16.1. The number of carbonyl (C=O) groups is 2. The van der Waals surface area contributed by atoms with Gasteiger partial charge in [0.15, 0.2) is 0 Å². The third-order valence-electron chi connectivity index (χ3n) is 5.96. The maximum atomic E-state index is 13.3. The van der Waals surface area contributed by atoms with Crippen LogP contribution in [0.15, 0.2) is 78.9 Å². The lowest BCUT2D eigenvalue weighted by atomic mass is 9.90. The van der Waals surface area contributed by atoms with Gasteiger partial charge in [-0.3, -0.25) is 9.59 Å². The minimum absolute atomic E-state index is 0.0308. The Morgan fingerprint density at radius 2 is 1.62 bits per heavy atom. The fraction of sp³-hybridized carbons (Fsp3) is 0.200. The van der Waals surface area contributed by atoms with E-state index >= 15 is 0 Å². The van der Waals surface area contributed by atoms with E-state index in [-0.39, 0.29) is 24.4 Å². The molecule has 0 N–H and O–H groups in total. The molecule has 1 fully saturated rings. The molecule has 0 spiro atoms. The van der Waals surface area contributed by atoms with Crippen LogP contribution in [0.1, 0.15) is 27.5 Å². The lowest BCUT2D eigenvalue weighted by molar-refractivity contribution is -0.139. The van der Waals surface area contributed by atoms with Gasteiger partial charge in [0.05, 0.1) is 6.04 Å². The van der Waals surface area contributed by atoms with Crippen molar-refractivity contribution in [3.63, 3.8) is 0 Å². The van der Waals surface area contributed by atoms with Gasteiger partial charge in [-0.25, -0.2) is 0 Å². The first-order chi connectivity index (χ1) is 14.2. The van der Waals surface area contributed by atoms with Crippen LogP contribution in [0, 0.1) is 0 Å². The Morgan fingerprint density at radius 3 is 2.48 bits per heavy atom. The average molecular weight is 382 g/mol. The number of nitrogens with zero attached hydrogens (tertiary/aromatic N) is 2. The Morgan fingerprint density at radius 1 is 0.862 bits per heavy atom. The van der Waals surface area contributed by atoms with Gasteiger partial charge in [-0.15, -0.1) is 0 Å². The molecule has 1 atom stereocenters. The molecule has 1 saturated heterocycles. The minimum Gasteiger partial charge on any atom is -0.332 e. The van der Waals surface area contributed by atoms with E-state index in [0.29, 0.717) is 12.1 Å². The summed E-state index contributed by atoms with van der Waals surface area (Å²) in [4.78, 5) is 29.7. The Kier molecular flexibility index (Phi) is 4.39. The van der Waals surface area contributed by atoms with Crippen LogP contribution in [-0.4, -0.2) is 41.2 Å². The van der Waals surface area contributed by atoms with E-state index in [1.807, 2.05) is 71.6 Å². The number of carbonyl (C=O) groups excluding carboxylic acids is 2. The van der Waals surface area contributed by atoms with Crippen LogP contribution in [-0.2, 0) is 11.2 Å². The van der Waals surface area contributed by atoms with Gasteiger partial charge in [0.1, 0.15) is 6.54 Å². The highest BCUT2D eigenvalue weighted by atomic mass is 16.2. The third kappa shape index (κ3) is 3.21. The quantitative estimate of drug-likeness (QED) is 0.674. The third-order valence-corrected chi connectivity index (χ3v) is 5.96. The first-order valence-corrected chi connectivity index (χ1v) is 10.0. The summed E-state index contributed by atoms with van der Waals surface area (Å²) in [7, 11) is 0. The van der Waals surface area contributed by atoms with Gasteiger partial charge >= 0.3 is 0 Å².